The van der Waals surface area contributed by atoms with Gasteiger partial charge in [-0.05, 0) is 44.2 Å². The van der Waals surface area contributed by atoms with Crippen LogP contribution in [0.2, 0.25) is 0 Å². The third-order valence-electron chi connectivity index (χ3n) is 3.40. The van der Waals surface area contributed by atoms with Gasteiger partial charge >= 0.3 is 0 Å². The molecule has 1 amide bonds. The predicted octanol–water partition coefficient (Wildman–Crippen LogP) is 0.901. The van der Waals surface area contributed by atoms with Crippen LogP contribution in [0.4, 0.5) is 0 Å². The average Bonchev–Trinajstić information content (AvgIpc) is 2.44. The Morgan fingerprint density at radius 2 is 2.21 bits per heavy atom. The highest BCUT2D eigenvalue weighted by Crippen LogP contribution is 2.24. The van der Waals surface area contributed by atoms with E-state index in [1.54, 1.807) is 0 Å². The van der Waals surface area contributed by atoms with Gasteiger partial charge in [0.05, 0.1) is 0 Å². The van der Waals surface area contributed by atoms with Crippen molar-refractivity contribution in [2.45, 2.75) is 38.6 Å². The zero-order valence-corrected chi connectivity index (χ0v) is 8.88. The molecule has 2 rings (SSSR count). The second kappa shape index (κ2) is 4.30. The summed E-state index contributed by atoms with van der Waals surface area (Å²) in [6, 6.07) is 0.463. The lowest BCUT2D eigenvalue weighted by Gasteiger charge is -2.27. The molecule has 0 bridgehead atoms. The lowest BCUT2D eigenvalue weighted by molar-refractivity contribution is -0.123. The van der Waals surface area contributed by atoms with Crippen LogP contribution in [0.3, 0.4) is 0 Å². The van der Waals surface area contributed by atoms with Crippen molar-refractivity contribution >= 4 is 5.91 Å². The van der Waals surface area contributed by atoms with E-state index in [0.717, 1.165) is 25.4 Å². The largest absolute Gasteiger partial charge is 0.353 e. The van der Waals surface area contributed by atoms with Crippen molar-refractivity contribution in [3.05, 3.63) is 0 Å². The van der Waals surface area contributed by atoms with Gasteiger partial charge in [-0.3, -0.25) is 4.79 Å². The molecular formula is C11H20N2O. The van der Waals surface area contributed by atoms with Gasteiger partial charge in [0.1, 0.15) is 0 Å². The molecule has 2 unspecified atom stereocenters. The Kier molecular flexibility index (Phi) is 3.06. The standard InChI is InChI=1S/C11H20N2O/c1-8-2-3-10(4-8)13-11(14)5-9-6-12-7-9/h8-10,12H,2-7H2,1H3,(H,13,14). The number of carbonyl (C=O) groups excluding carboxylic acids is 1. The Hall–Kier alpha value is -0.570. The molecule has 0 spiro atoms. The number of hydrogen-bond acceptors (Lipinski definition) is 2. The van der Waals surface area contributed by atoms with Gasteiger partial charge in [-0.1, -0.05) is 6.92 Å². The van der Waals surface area contributed by atoms with Crippen LogP contribution in [0.1, 0.15) is 32.6 Å². The van der Waals surface area contributed by atoms with E-state index < -0.39 is 0 Å². The van der Waals surface area contributed by atoms with E-state index in [1.165, 1.54) is 19.3 Å². The maximum Gasteiger partial charge on any atom is 0.220 e. The third kappa shape index (κ3) is 2.47. The molecule has 3 nitrogen and oxygen atoms in total. The van der Waals surface area contributed by atoms with Crippen LogP contribution in [-0.4, -0.2) is 25.0 Å². The first-order valence-electron chi connectivity index (χ1n) is 5.74. The van der Waals surface area contributed by atoms with Crippen LogP contribution in [0.25, 0.3) is 0 Å². The monoisotopic (exact) mass is 196 g/mol. The first-order valence-corrected chi connectivity index (χ1v) is 5.74. The molecule has 2 aliphatic rings. The highest BCUT2D eigenvalue weighted by Gasteiger charge is 2.25. The van der Waals surface area contributed by atoms with Crippen molar-refractivity contribution in [1.82, 2.24) is 10.6 Å². The van der Waals surface area contributed by atoms with E-state index in [9.17, 15) is 4.79 Å². The molecule has 0 aromatic carbocycles. The summed E-state index contributed by atoms with van der Waals surface area (Å²) < 4.78 is 0. The molecule has 1 saturated heterocycles. The van der Waals surface area contributed by atoms with Gasteiger partial charge in [-0.2, -0.15) is 0 Å². The summed E-state index contributed by atoms with van der Waals surface area (Å²) in [4.78, 5) is 11.6. The maximum absolute atomic E-state index is 11.6. The lowest BCUT2D eigenvalue weighted by Crippen LogP contribution is -2.45. The Bertz CT molecular complexity index is 213. The fourth-order valence-electron chi connectivity index (χ4n) is 2.38. The summed E-state index contributed by atoms with van der Waals surface area (Å²) in [6.45, 7) is 4.31. The van der Waals surface area contributed by atoms with Crippen molar-refractivity contribution in [3.8, 4) is 0 Å². The van der Waals surface area contributed by atoms with Crippen molar-refractivity contribution in [3.63, 3.8) is 0 Å². The number of nitrogens with one attached hydrogen (secondary N) is 2. The van der Waals surface area contributed by atoms with Crippen molar-refractivity contribution in [2.24, 2.45) is 11.8 Å². The van der Waals surface area contributed by atoms with E-state index in [0.29, 0.717) is 12.0 Å². The molecule has 0 radical (unpaired) electrons. The van der Waals surface area contributed by atoms with E-state index in [4.69, 9.17) is 0 Å². The molecule has 0 aromatic heterocycles. The fourth-order valence-corrected chi connectivity index (χ4v) is 2.38. The maximum atomic E-state index is 11.6. The Labute approximate surface area is 85.6 Å². The molecule has 0 aromatic rings. The number of rotatable bonds is 3. The zero-order chi connectivity index (χ0) is 9.97. The second-order valence-corrected chi connectivity index (χ2v) is 4.91. The fraction of sp³-hybridized carbons (Fsp3) is 0.909. The summed E-state index contributed by atoms with van der Waals surface area (Å²) >= 11 is 0. The van der Waals surface area contributed by atoms with Crippen LogP contribution < -0.4 is 10.6 Å². The summed E-state index contributed by atoms with van der Waals surface area (Å²) in [5.41, 5.74) is 0. The molecule has 3 heteroatoms. The molecule has 1 saturated carbocycles. The predicted molar refractivity (Wildman–Crippen MR) is 55.9 cm³/mol. The molecule has 1 aliphatic heterocycles. The van der Waals surface area contributed by atoms with Crippen LogP contribution >= 0.6 is 0 Å². The molecule has 80 valence electrons. The van der Waals surface area contributed by atoms with Crippen LogP contribution in [-0.2, 0) is 4.79 Å². The number of amides is 1. The molecule has 1 heterocycles. The summed E-state index contributed by atoms with van der Waals surface area (Å²) in [5.74, 6) is 1.65. The minimum Gasteiger partial charge on any atom is -0.353 e. The lowest BCUT2D eigenvalue weighted by atomic mass is 9.99. The third-order valence-corrected chi connectivity index (χ3v) is 3.40. The molecular weight excluding hydrogens is 176 g/mol. The second-order valence-electron chi connectivity index (χ2n) is 4.91. The molecule has 2 N–H and O–H groups in total. The number of hydrogen-bond donors (Lipinski definition) is 2. The first-order chi connectivity index (χ1) is 6.74. The van der Waals surface area contributed by atoms with Gasteiger partial charge < -0.3 is 10.6 Å². The average molecular weight is 196 g/mol. The van der Waals surface area contributed by atoms with E-state index in [2.05, 4.69) is 17.6 Å². The Balaban J connectivity index is 1.66. The van der Waals surface area contributed by atoms with Crippen molar-refractivity contribution < 1.29 is 4.79 Å². The molecule has 14 heavy (non-hydrogen) atoms. The van der Waals surface area contributed by atoms with Crippen LogP contribution in [0, 0.1) is 11.8 Å². The molecule has 2 atom stereocenters. The van der Waals surface area contributed by atoms with Gasteiger partial charge in [-0.15, -0.1) is 0 Å². The van der Waals surface area contributed by atoms with E-state index in [-0.39, 0.29) is 5.91 Å². The molecule has 1 aliphatic carbocycles. The zero-order valence-electron chi connectivity index (χ0n) is 8.88. The smallest absolute Gasteiger partial charge is 0.220 e. The molecule has 2 fully saturated rings. The quantitative estimate of drug-likeness (QED) is 0.704. The van der Waals surface area contributed by atoms with Crippen LogP contribution in [0.15, 0.2) is 0 Å². The Morgan fingerprint density at radius 1 is 1.43 bits per heavy atom. The highest BCUT2D eigenvalue weighted by atomic mass is 16.1. The van der Waals surface area contributed by atoms with Gasteiger partial charge in [0.2, 0.25) is 5.91 Å². The minimum absolute atomic E-state index is 0.260. The van der Waals surface area contributed by atoms with Gasteiger partial charge in [0.25, 0.3) is 0 Å². The minimum atomic E-state index is 0.260. The SMILES string of the molecule is CC1CCC(NC(=O)CC2CNC2)C1. The van der Waals surface area contributed by atoms with E-state index in [1.807, 2.05) is 0 Å². The first kappa shape index (κ1) is 9.97. The van der Waals surface area contributed by atoms with Gasteiger partial charge in [0, 0.05) is 12.5 Å². The van der Waals surface area contributed by atoms with E-state index >= 15 is 0 Å². The van der Waals surface area contributed by atoms with Crippen molar-refractivity contribution in [1.29, 1.82) is 0 Å². The van der Waals surface area contributed by atoms with Gasteiger partial charge in [-0.25, -0.2) is 0 Å². The normalized spacial score (nSPS) is 32.6. The summed E-state index contributed by atoms with van der Waals surface area (Å²) in [5, 5.41) is 6.33. The summed E-state index contributed by atoms with van der Waals surface area (Å²) in [7, 11) is 0. The highest BCUT2D eigenvalue weighted by molar-refractivity contribution is 5.76. The summed E-state index contributed by atoms with van der Waals surface area (Å²) in [6.07, 6.45) is 4.35. The van der Waals surface area contributed by atoms with Crippen molar-refractivity contribution in [2.75, 3.05) is 13.1 Å². The van der Waals surface area contributed by atoms with Crippen LogP contribution in [0.5, 0.6) is 0 Å². The topological polar surface area (TPSA) is 41.1 Å². The number of carbonyl (C=O) groups is 1. The Morgan fingerprint density at radius 3 is 2.71 bits per heavy atom. The van der Waals surface area contributed by atoms with Gasteiger partial charge in [0.15, 0.2) is 0 Å².